The van der Waals surface area contributed by atoms with Gasteiger partial charge in [-0.15, -0.1) is 6.58 Å². The minimum absolute atomic E-state index is 0.0740. The molecular formula is C19H20O2. The summed E-state index contributed by atoms with van der Waals surface area (Å²) in [5.41, 5.74) is 3.76. The van der Waals surface area contributed by atoms with Crippen molar-refractivity contribution in [2.24, 2.45) is 0 Å². The highest BCUT2D eigenvalue weighted by molar-refractivity contribution is 5.46. The van der Waals surface area contributed by atoms with E-state index in [1.165, 1.54) is 16.7 Å². The molecule has 2 aromatic carbocycles. The van der Waals surface area contributed by atoms with E-state index in [0.717, 1.165) is 17.9 Å². The van der Waals surface area contributed by atoms with Gasteiger partial charge in [0.25, 0.3) is 0 Å². The molecule has 0 saturated carbocycles. The second kappa shape index (κ2) is 5.65. The van der Waals surface area contributed by atoms with Gasteiger partial charge in [0.2, 0.25) is 0 Å². The summed E-state index contributed by atoms with van der Waals surface area (Å²) < 4.78 is 11.4. The Morgan fingerprint density at radius 2 is 1.95 bits per heavy atom. The van der Waals surface area contributed by atoms with Gasteiger partial charge < -0.3 is 9.47 Å². The summed E-state index contributed by atoms with van der Waals surface area (Å²) in [5, 5.41) is 0. The summed E-state index contributed by atoms with van der Waals surface area (Å²) in [6.07, 6.45) is 2.90. The smallest absolute Gasteiger partial charge is 0.130 e. The lowest BCUT2D eigenvalue weighted by atomic mass is 9.91. The standard InChI is InChI=1S/C19H20O2/c1-4-5-14-6-11-18-17(12-14)13(2)19(21-18)15-7-9-16(20-3)10-8-15/h4,6-13,19H,1,5H2,2-3H3/t13-,19-/m0/s1. The van der Waals surface area contributed by atoms with Gasteiger partial charge in [-0.05, 0) is 35.7 Å². The van der Waals surface area contributed by atoms with Crippen LogP contribution >= 0.6 is 0 Å². The number of hydrogen-bond donors (Lipinski definition) is 0. The van der Waals surface area contributed by atoms with Crippen LogP contribution in [0.1, 0.15) is 35.6 Å². The first kappa shape index (κ1) is 13.7. The van der Waals surface area contributed by atoms with Crippen molar-refractivity contribution in [2.75, 3.05) is 7.11 Å². The molecule has 1 heterocycles. The summed E-state index contributed by atoms with van der Waals surface area (Å²) in [6.45, 7) is 6.02. The van der Waals surface area contributed by atoms with Crippen molar-refractivity contribution in [3.05, 3.63) is 71.8 Å². The van der Waals surface area contributed by atoms with Crippen LogP contribution in [0.5, 0.6) is 11.5 Å². The van der Waals surface area contributed by atoms with E-state index in [2.05, 4.69) is 43.8 Å². The topological polar surface area (TPSA) is 18.5 Å². The average Bonchev–Trinajstić information content (AvgIpc) is 2.85. The van der Waals surface area contributed by atoms with Crippen LogP contribution < -0.4 is 9.47 Å². The lowest BCUT2D eigenvalue weighted by Crippen LogP contribution is -2.07. The van der Waals surface area contributed by atoms with Crippen LogP contribution in [0.15, 0.2) is 55.1 Å². The molecule has 1 aliphatic rings. The summed E-state index contributed by atoms with van der Waals surface area (Å²) >= 11 is 0. The van der Waals surface area contributed by atoms with Crippen LogP contribution in [0.4, 0.5) is 0 Å². The zero-order valence-corrected chi connectivity index (χ0v) is 12.5. The molecule has 0 radical (unpaired) electrons. The number of rotatable bonds is 4. The Kier molecular flexibility index (Phi) is 3.70. The van der Waals surface area contributed by atoms with Gasteiger partial charge >= 0.3 is 0 Å². The minimum atomic E-state index is 0.0740. The summed E-state index contributed by atoms with van der Waals surface area (Å²) in [5.74, 6) is 2.21. The number of ether oxygens (including phenoxy) is 2. The number of benzene rings is 2. The van der Waals surface area contributed by atoms with Crippen molar-refractivity contribution in [2.45, 2.75) is 25.4 Å². The Hall–Kier alpha value is -2.22. The van der Waals surface area contributed by atoms with Gasteiger partial charge in [-0.1, -0.05) is 37.3 Å². The van der Waals surface area contributed by atoms with Crippen molar-refractivity contribution in [1.82, 2.24) is 0 Å². The predicted molar refractivity (Wildman–Crippen MR) is 85.1 cm³/mol. The van der Waals surface area contributed by atoms with Crippen LogP contribution in [-0.4, -0.2) is 7.11 Å². The fraction of sp³-hybridized carbons (Fsp3) is 0.263. The van der Waals surface area contributed by atoms with Crippen molar-refractivity contribution in [3.8, 4) is 11.5 Å². The largest absolute Gasteiger partial charge is 0.497 e. The summed E-state index contributed by atoms with van der Waals surface area (Å²) in [7, 11) is 1.68. The van der Waals surface area contributed by atoms with Crippen LogP contribution in [-0.2, 0) is 6.42 Å². The van der Waals surface area contributed by atoms with E-state index >= 15 is 0 Å². The number of hydrogen-bond acceptors (Lipinski definition) is 2. The first-order valence-corrected chi connectivity index (χ1v) is 7.27. The molecule has 0 aliphatic carbocycles. The molecule has 108 valence electrons. The maximum absolute atomic E-state index is 6.15. The molecule has 0 unspecified atom stereocenters. The molecule has 21 heavy (non-hydrogen) atoms. The highest BCUT2D eigenvalue weighted by atomic mass is 16.5. The van der Waals surface area contributed by atoms with E-state index in [1.54, 1.807) is 7.11 Å². The third-order valence-corrected chi connectivity index (χ3v) is 4.10. The second-order valence-corrected chi connectivity index (χ2v) is 5.47. The third-order valence-electron chi connectivity index (χ3n) is 4.10. The lowest BCUT2D eigenvalue weighted by molar-refractivity contribution is 0.216. The van der Waals surface area contributed by atoms with Gasteiger partial charge in [0.15, 0.2) is 0 Å². The molecule has 1 aliphatic heterocycles. The molecule has 0 spiro atoms. The molecule has 0 N–H and O–H groups in total. The van der Waals surface area contributed by atoms with E-state index < -0.39 is 0 Å². The minimum Gasteiger partial charge on any atom is -0.497 e. The molecule has 0 fully saturated rings. The second-order valence-electron chi connectivity index (χ2n) is 5.47. The fourth-order valence-electron chi connectivity index (χ4n) is 2.91. The molecule has 0 amide bonds. The monoisotopic (exact) mass is 280 g/mol. The zero-order valence-electron chi connectivity index (χ0n) is 12.5. The average molecular weight is 280 g/mol. The van der Waals surface area contributed by atoms with Crippen LogP contribution in [0.3, 0.4) is 0 Å². The maximum atomic E-state index is 6.15. The van der Waals surface area contributed by atoms with Crippen LogP contribution in [0.25, 0.3) is 0 Å². The molecule has 2 atom stereocenters. The van der Waals surface area contributed by atoms with Gasteiger partial charge in [0.05, 0.1) is 7.11 Å². The van der Waals surface area contributed by atoms with Crippen molar-refractivity contribution < 1.29 is 9.47 Å². The van der Waals surface area contributed by atoms with Crippen LogP contribution in [0.2, 0.25) is 0 Å². The molecule has 2 nitrogen and oxygen atoms in total. The zero-order chi connectivity index (χ0) is 14.8. The summed E-state index contributed by atoms with van der Waals surface area (Å²) in [6, 6.07) is 14.6. The highest BCUT2D eigenvalue weighted by Crippen LogP contribution is 2.46. The fourth-order valence-corrected chi connectivity index (χ4v) is 2.91. The maximum Gasteiger partial charge on any atom is 0.130 e. The quantitative estimate of drug-likeness (QED) is 0.758. The molecular weight excluding hydrogens is 260 g/mol. The highest BCUT2D eigenvalue weighted by Gasteiger charge is 2.32. The van der Waals surface area contributed by atoms with Gasteiger partial charge in [0.1, 0.15) is 17.6 Å². The van der Waals surface area contributed by atoms with Crippen LogP contribution in [0, 0.1) is 0 Å². The van der Waals surface area contributed by atoms with Gasteiger partial charge in [-0.2, -0.15) is 0 Å². The van der Waals surface area contributed by atoms with E-state index in [-0.39, 0.29) is 6.10 Å². The molecule has 0 saturated heterocycles. The number of allylic oxidation sites excluding steroid dienone is 1. The van der Waals surface area contributed by atoms with Gasteiger partial charge in [-0.25, -0.2) is 0 Å². The Labute approximate surface area is 126 Å². The van der Waals surface area contributed by atoms with Crippen molar-refractivity contribution in [3.63, 3.8) is 0 Å². The van der Waals surface area contributed by atoms with Gasteiger partial charge in [0, 0.05) is 11.5 Å². The van der Waals surface area contributed by atoms with E-state index in [1.807, 2.05) is 18.2 Å². The molecule has 2 heteroatoms. The van der Waals surface area contributed by atoms with E-state index in [4.69, 9.17) is 9.47 Å². The van der Waals surface area contributed by atoms with E-state index in [0.29, 0.717) is 5.92 Å². The number of fused-ring (bicyclic) bond motifs is 1. The van der Waals surface area contributed by atoms with Crippen molar-refractivity contribution >= 4 is 0 Å². The first-order chi connectivity index (χ1) is 10.2. The Bertz CT molecular complexity index is 643. The Morgan fingerprint density at radius 1 is 1.19 bits per heavy atom. The molecule has 2 aromatic rings. The van der Waals surface area contributed by atoms with E-state index in [9.17, 15) is 0 Å². The molecule has 0 bridgehead atoms. The first-order valence-electron chi connectivity index (χ1n) is 7.27. The number of methoxy groups -OCH3 is 1. The normalized spacial score (nSPS) is 19.7. The summed E-state index contributed by atoms with van der Waals surface area (Å²) in [4.78, 5) is 0. The molecule has 0 aromatic heterocycles. The third kappa shape index (κ3) is 2.54. The predicted octanol–water partition coefficient (Wildman–Crippen LogP) is 4.66. The molecule has 3 rings (SSSR count). The lowest BCUT2D eigenvalue weighted by Gasteiger charge is -2.16. The van der Waals surface area contributed by atoms with Gasteiger partial charge in [-0.3, -0.25) is 0 Å². The SMILES string of the molecule is C=CCc1ccc2c(c1)[C@H](C)[C@@H](c1ccc(OC)cc1)O2. The Balaban J connectivity index is 1.88. The Morgan fingerprint density at radius 3 is 2.62 bits per heavy atom. The van der Waals surface area contributed by atoms with Crippen molar-refractivity contribution in [1.29, 1.82) is 0 Å².